The van der Waals surface area contributed by atoms with Crippen LogP contribution in [-0.2, 0) is 4.74 Å². The average molecular weight is 311 g/mol. The average Bonchev–Trinajstić information content (AvgIpc) is 2.12. The quantitative estimate of drug-likeness (QED) is 0.701. The molecule has 0 unspecified atom stereocenters. The Labute approximate surface area is 126 Å². The van der Waals surface area contributed by atoms with Gasteiger partial charge in [0.1, 0.15) is 5.60 Å². The fraction of sp³-hybridized carbons (Fsp3) is 0.923. The van der Waals surface area contributed by atoms with E-state index in [9.17, 15) is 4.79 Å². The van der Waals surface area contributed by atoms with Gasteiger partial charge < -0.3 is 25.2 Å². The minimum atomic E-state index is -0.452. The van der Waals surface area contributed by atoms with Crippen LogP contribution in [0.15, 0.2) is 0 Å². The Bertz CT molecular complexity index is 288. The number of hydrogen-bond donors (Lipinski definition) is 3. The van der Waals surface area contributed by atoms with E-state index in [0.29, 0.717) is 19.2 Å². The van der Waals surface area contributed by atoms with Gasteiger partial charge in [-0.15, -0.1) is 12.4 Å². The molecule has 0 aromatic heterocycles. The Kier molecular flexibility index (Phi) is 8.42. The smallest absolute Gasteiger partial charge is 0.410 e. The lowest BCUT2D eigenvalue weighted by molar-refractivity contribution is -0.0166. The van der Waals surface area contributed by atoms with E-state index in [-0.39, 0.29) is 31.1 Å². The number of halogens is 1. The van der Waals surface area contributed by atoms with Crippen LogP contribution in [0, 0.1) is 0 Å². The molecule has 0 bridgehead atoms. The molecule has 0 radical (unpaired) electrons. The number of hydrogen-bond acceptors (Lipinski definition) is 5. The van der Waals surface area contributed by atoms with Crippen LogP contribution in [0.3, 0.4) is 0 Å². The lowest BCUT2D eigenvalue weighted by Gasteiger charge is -2.40. The maximum atomic E-state index is 11.4. The minimum absolute atomic E-state index is 0. The zero-order valence-electron chi connectivity index (χ0n) is 12.5. The highest BCUT2D eigenvalue weighted by Crippen LogP contribution is 2.20. The van der Waals surface area contributed by atoms with Crippen LogP contribution in [0.4, 0.5) is 4.79 Å². The summed E-state index contributed by atoms with van der Waals surface area (Å²) in [5.41, 5.74) is -0.452. The lowest BCUT2D eigenvalue weighted by Crippen LogP contribution is -2.54. The van der Waals surface area contributed by atoms with Crippen molar-refractivity contribution in [3.63, 3.8) is 0 Å². The maximum absolute atomic E-state index is 11.4. The standard InChI is InChI=1S/C9H17NO3.C4H9NO.ClH/c1-9(2,3)13-8(12)10-5-4-7(10)6-11;6-3-4-1-2-5-4;/h7,11H,4-6H2,1-3H3;4-6H,1-3H2;1H/t7-;4-;/m11./s1. The number of rotatable bonds is 2. The van der Waals surface area contributed by atoms with Gasteiger partial charge in [-0.2, -0.15) is 0 Å². The molecule has 2 aliphatic rings. The normalized spacial score (nSPS) is 24.4. The number of amides is 1. The Morgan fingerprint density at radius 3 is 2.10 bits per heavy atom. The van der Waals surface area contributed by atoms with Crippen molar-refractivity contribution in [1.29, 1.82) is 0 Å². The van der Waals surface area contributed by atoms with E-state index in [1.54, 1.807) is 4.90 Å². The molecule has 0 aliphatic carbocycles. The molecular formula is C13H27ClN2O4. The van der Waals surface area contributed by atoms with Crippen molar-refractivity contribution in [2.45, 2.75) is 51.3 Å². The molecule has 0 saturated carbocycles. The molecule has 2 saturated heterocycles. The van der Waals surface area contributed by atoms with E-state index in [2.05, 4.69) is 5.32 Å². The van der Waals surface area contributed by atoms with Crippen molar-refractivity contribution in [2.75, 3.05) is 26.3 Å². The molecule has 2 fully saturated rings. The van der Waals surface area contributed by atoms with E-state index in [0.717, 1.165) is 19.4 Å². The second kappa shape index (κ2) is 8.67. The molecule has 2 rings (SSSR count). The van der Waals surface area contributed by atoms with Gasteiger partial charge in [-0.05, 0) is 40.2 Å². The van der Waals surface area contributed by atoms with Crippen LogP contribution < -0.4 is 5.32 Å². The molecule has 2 atom stereocenters. The van der Waals surface area contributed by atoms with Crippen molar-refractivity contribution in [3.8, 4) is 0 Å². The third-order valence-corrected chi connectivity index (χ3v) is 3.13. The first kappa shape index (κ1) is 19.4. The predicted molar refractivity (Wildman–Crippen MR) is 79.2 cm³/mol. The molecule has 1 amide bonds. The molecule has 0 spiro atoms. The lowest BCUT2D eigenvalue weighted by atomic mass is 10.1. The number of likely N-dealkylation sites (tertiary alicyclic amines) is 1. The first-order valence-corrected chi connectivity index (χ1v) is 6.82. The minimum Gasteiger partial charge on any atom is -0.444 e. The Morgan fingerprint density at radius 2 is 1.90 bits per heavy atom. The molecule has 7 heteroatoms. The Balaban J connectivity index is 0.000000434. The zero-order valence-corrected chi connectivity index (χ0v) is 13.3. The first-order valence-electron chi connectivity index (χ1n) is 6.82. The molecule has 2 heterocycles. The monoisotopic (exact) mass is 310 g/mol. The highest BCUT2D eigenvalue weighted by molar-refractivity contribution is 5.85. The number of nitrogens with zero attached hydrogens (tertiary/aromatic N) is 1. The van der Waals surface area contributed by atoms with Crippen LogP contribution in [0.5, 0.6) is 0 Å². The number of carbonyl (C=O) groups is 1. The summed E-state index contributed by atoms with van der Waals surface area (Å²) in [6, 6.07) is 0.389. The van der Waals surface area contributed by atoms with Gasteiger partial charge in [-0.25, -0.2) is 4.79 Å². The molecule has 0 aromatic carbocycles. The summed E-state index contributed by atoms with van der Waals surface area (Å²) in [6.45, 7) is 7.61. The van der Waals surface area contributed by atoms with Crippen molar-refractivity contribution in [1.82, 2.24) is 10.2 Å². The topological polar surface area (TPSA) is 82.0 Å². The summed E-state index contributed by atoms with van der Waals surface area (Å²) in [5, 5.41) is 20.2. The van der Waals surface area contributed by atoms with Crippen LogP contribution in [0.1, 0.15) is 33.6 Å². The van der Waals surface area contributed by atoms with Gasteiger partial charge in [0.25, 0.3) is 0 Å². The van der Waals surface area contributed by atoms with Gasteiger partial charge in [0.2, 0.25) is 0 Å². The second-order valence-corrected chi connectivity index (χ2v) is 5.92. The fourth-order valence-corrected chi connectivity index (χ4v) is 1.70. The molecular weight excluding hydrogens is 284 g/mol. The summed E-state index contributed by atoms with van der Waals surface area (Å²) in [6.07, 6.45) is 1.70. The van der Waals surface area contributed by atoms with Gasteiger partial charge in [0.05, 0.1) is 19.3 Å². The summed E-state index contributed by atoms with van der Waals surface area (Å²) in [5.74, 6) is 0. The second-order valence-electron chi connectivity index (χ2n) is 5.92. The molecule has 6 nitrogen and oxygen atoms in total. The van der Waals surface area contributed by atoms with Crippen LogP contribution in [0.2, 0.25) is 0 Å². The zero-order chi connectivity index (χ0) is 14.5. The third-order valence-electron chi connectivity index (χ3n) is 3.13. The van der Waals surface area contributed by atoms with E-state index in [1.807, 2.05) is 20.8 Å². The first-order chi connectivity index (χ1) is 8.87. The van der Waals surface area contributed by atoms with Crippen molar-refractivity contribution < 1.29 is 19.7 Å². The van der Waals surface area contributed by atoms with Crippen molar-refractivity contribution in [3.05, 3.63) is 0 Å². The highest BCUT2D eigenvalue weighted by atomic mass is 35.5. The van der Waals surface area contributed by atoms with Crippen LogP contribution in [0.25, 0.3) is 0 Å². The van der Waals surface area contributed by atoms with Crippen LogP contribution in [-0.4, -0.2) is 65.2 Å². The van der Waals surface area contributed by atoms with Gasteiger partial charge >= 0.3 is 6.09 Å². The predicted octanol–water partition coefficient (Wildman–Crippen LogP) is 0.751. The molecule has 120 valence electrons. The van der Waals surface area contributed by atoms with Gasteiger partial charge in [-0.1, -0.05) is 0 Å². The molecule has 3 N–H and O–H groups in total. The van der Waals surface area contributed by atoms with E-state index >= 15 is 0 Å². The van der Waals surface area contributed by atoms with Gasteiger partial charge in [0, 0.05) is 12.6 Å². The Morgan fingerprint density at radius 1 is 1.30 bits per heavy atom. The van der Waals surface area contributed by atoms with E-state index in [1.165, 1.54) is 0 Å². The molecule has 2 aliphatic heterocycles. The molecule has 0 aromatic rings. The molecule has 20 heavy (non-hydrogen) atoms. The van der Waals surface area contributed by atoms with Crippen LogP contribution >= 0.6 is 12.4 Å². The SMILES string of the molecule is CC(C)(C)OC(=O)N1CC[C@@H]1CO.Cl.OC[C@H]1CCN1. The summed E-state index contributed by atoms with van der Waals surface area (Å²) >= 11 is 0. The highest BCUT2D eigenvalue weighted by Gasteiger charge is 2.34. The largest absolute Gasteiger partial charge is 0.444 e. The Hall–Kier alpha value is -0.560. The summed E-state index contributed by atoms with van der Waals surface area (Å²) in [7, 11) is 0. The van der Waals surface area contributed by atoms with E-state index < -0.39 is 5.60 Å². The summed E-state index contributed by atoms with van der Waals surface area (Å²) < 4.78 is 5.15. The number of carbonyl (C=O) groups excluding carboxylic acids is 1. The number of aliphatic hydroxyl groups is 2. The number of aliphatic hydroxyl groups excluding tert-OH is 2. The van der Waals surface area contributed by atoms with Gasteiger partial charge in [-0.3, -0.25) is 0 Å². The van der Waals surface area contributed by atoms with Crippen molar-refractivity contribution in [2.24, 2.45) is 0 Å². The summed E-state index contributed by atoms with van der Waals surface area (Å²) in [4.78, 5) is 13.0. The van der Waals surface area contributed by atoms with Gasteiger partial charge in [0.15, 0.2) is 0 Å². The van der Waals surface area contributed by atoms with Crippen molar-refractivity contribution >= 4 is 18.5 Å². The van der Waals surface area contributed by atoms with E-state index in [4.69, 9.17) is 14.9 Å². The number of nitrogens with one attached hydrogen (secondary N) is 1. The fourth-order valence-electron chi connectivity index (χ4n) is 1.70. The third kappa shape index (κ3) is 6.26. The maximum Gasteiger partial charge on any atom is 0.410 e. The number of ether oxygens (including phenoxy) is 1.